The van der Waals surface area contributed by atoms with E-state index in [4.69, 9.17) is 15.6 Å². The van der Waals surface area contributed by atoms with Crippen LogP contribution in [0, 0.1) is 10.8 Å². The Morgan fingerprint density at radius 2 is 1.62 bits per heavy atom. The van der Waals surface area contributed by atoms with Gasteiger partial charge < -0.3 is 19.9 Å². The molecule has 0 radical (unpaired) electrons. The molecule has 0 bridgehead atoms. The first-order valence-electron chi connectivity index (χ1n) is 5.76. The van der Waals surface area contributed by atoms with Gasteiger partial charge >= 0.3 is 12.3 Å². The molecule has 0 fully saturated rings. The molecule has 0 rings (SSSR count). The number of rotatable bonds is 3. The van der Waals surface area contributed by atoms with E-state index in [1.807, 2.05) is 5.32 Å². The van der Waals surface area contributed by atoms with Crippen LogP contribution in [0.2, 0.25) is 0 Å². The Hall–Kier alpha value is -1.84. The summed E-state index contributed by atoms with van der Waals surface area (Å²) in [5, 5.41) is 25.2. The summed E-state index contributed by atoms with van der Waals surface area (Å²) in [6, 6.07) is 0. The third-order valence-electron chi connectivity index (χ3n) is 2.06. The van der Waals surface area contributed by atoms with Gasteiger partial charge in [0.05, 0.1) is 6.61 Å². The van der Waals surface area contributed by atoms with Crippen LogP contribution in [-0.4, -0.2) is 46.9 Å². The van der Waals surface area contributed by atoms with Crippen LogP contribution >= 0.6 is 0 Å². The molecule has 0 heterocycles. The molecule has 21 heavy (non-hydrogen) atoms. The number of hydrogen-bond acceptors (Lipinski definition) is 6. The molecule has 7 nitrogen and oxygen atoms in total. The number of aliphatic hydroxyl groups is 1. The first-order chi connectivity index (χ1) is 9.21. The maximum atomic E-state index is 12.2. The molecule has 122 valence electrons. The molecule has 0 aliphatic rings. The minimum Gasteiger partial charge on any atom is -0.444 e. The van der Waals surface area contributed by atoms with Crippen molar-refractivity contribution < 1.29 is 32.5 Å². The largest absolute Gasteiger partial charge is 0.468 e. The Morgan fingerprint density at radius 3 is 1.95 bits per heavy atom. The number of aliphatic hydroxyl groups excluding tert-OH is 1. The summed E-state index contributed by atoms with van der Waals surface area (Å²) >= 11 is 0. The third-order valence-corrected chi connectivity index (χ3v) is 2.06. The van der Waals surface area contributed by atoms with Gasteiger partial charge in [0.1, 0.15) is 11.1 Å². The summed E-state index contributed by atoms with van der Waals surface area (Å²) < 4.78 is 45.4. The fourth-order valence-corrected chi connectivity index (χ4v) is 0.970. The molecule has 0 aliphatic carbocycles. The van der Waals surface area contributed by atoms with Crippen molar-refractivity contribution in [2.75, 3.05) is 6.61 Å². The van der Waals surface area contributed by atoms with Crippen molar-refractivity contribution in [2.24, 2.45) is 0 Å². The van der Waals surface area contributed by atoms with Gasteiger partial charge in [-0.15, -0.1) is 0 Å². The lowest BCUT2D eigenvalue weighted by atomic mass is 10.0. The second-order valence-electron chi connectivity index (χ2n) is 5.38. The summed E-state index contributed by atoms with van der Waals surface area (Å²) in [5.74, 6) is -3.27. The van der Waals surface area contributed by atoms with Crippen molar-refractivity contribution in [1.82, 2.24) is 5.32 Å². The Bertz CT molecular complexity index is 431. The van der Waals surface area contributed by atoms with Crippen LogP contribution in [0.15, 0.2) is 0 Å². The third kappa shape index (κ3) is 6.43. The molecule has 0 aromatic carbocycles. The average Bonchev–Trinajstić information content (AvgIpc) is 2.24. The molecule has 1 unspecified atom stereocenters. The van der Waals surface area contributed by atoms with Gasteiger partial charge in [-0.05, 0) is 27.7 Å². The predicted molar refractivity (Wildman–Crippen MR) is 67.5 cm³/mol. The number of hydrogen-bond donors (Lipinski definition) is 4. The highest BCUT2D eigenvalue weighted by atomic mass is 19.4. The second kappa shape index (κ2) is 6.29. The van der Waals surface area contributed by atoms with Crippen molar-refractivity contribution in [3.05, 3.63) is 0 Å². The van der Waals surface area contributed by atoms with Crippen LogP contribution in [0.25, 0.3) is 0 Å². The first-order valence-corrected chi connectivity index (χ1v) is 5.76. The SMILES string of the molecule is CC(C)(C)OC(=O)NC(C)(CO)C(=N)OC(=N)C(F)(F)F. The number of carbonyl (C=O) groups excluding carboxylic acids is 1. The normalized spacial score (nSPS) is 14.9. The van der Waals surface area contributed by atoms with E-state index in [-0.39, 0.29) is 0 Å². The molecule has 0 saturated heterocycles. The lowest BCUT2D eigenvalue weighted by Crippen LogP contribution is -2.57. The van der Waals surface area contributed by atoms with E-state index in [2.05, 4.69) is 4.74 Å². The molecular weight excluding hydrogens is 295 g/mol. The van der Waals surface area contributed by atoms with Crippen LogP contribution < -0.4 is 5.32 Å². The van der Waals surface area contributed by atoms with Gasteiger partial charge in [-0.25, -0.2) is 4.79 Å². The zero-order chi connectivity index (χ0) is 17.1. The predicted octanol–water partition coefficient (Wildman–Crippen LogP) is 1.80. The van der Waals surface area contributed by atoms with Crippen molar-refractivity contribution in [2.45, 2.75) is 45.0 Å². The Labute approximate surface area is 119 Å². The molecule has 0 aliphatic heterocycles. The van der Waals surface area contributed by atoms with Gasteiger partial charge in [0.15, 0.2) is 0 Å². The van der Waals surface area contributed by atoms with Gasteiger partial charge in [0, 0.05) is 0 Å². The van der Waals surface area contributed by atoms with E-state index in [0.717, 1.165) is 6.92 Å². The molecule has 10 heteroatoms. The summed E-state index contributed by atoms with van der Waals surface area (Å²) in [7, 11) is 0. The van der Waals surface area contributed by atoms with E-state index in [1.54, 1.807) is 20.8 Å². The molecule has 4 N–H and O–H groups in total. The molecule has 1 atom stereocenters. The molecule has 0 saturated carbocycles. The van der Waals surface area contributed by atoms with E-state index < -0.39 is 41.8 Å². The minimum absolute atomic E-state index is 0.873. The van der Waals surface area contributed by atoms with Gasteiger partial charge in [-0.3, -0.25) is 10.8 Å². The monoisotopic (exact) mass is 313 g/mol. The topological polar surface area (TPSA) is 115 Å². The maximum absolute atomic E-state index is 12.2. The quantitative estimate of drug-likeness (QED) is 0.469. The second-order valence-corrected chi connectivity index (χ2v) is 5.38. The molecule has 0 aromatic heterocycles. The highest BCUT2D eigenvalue weighted by Gasteiger charge is 2.42. The average molecular weight is 313 g/mol. The lowest BCUT2D eigenvalue weighted by Gasteiger charge is -2.30. The summed E-state index contributed by atoms with van der Waals surface area (Å²) in [6.07, 6.45) is -6.12. The van der Waals surface area contributed by atoms with Crippen LogP contribution in [0.5, 0.6) is 0 Å². The number of amides is 1. The Kier molecular flexibility index (Phi) is 5.74. The Morgan fingerprint density at radius 1 is 1.14 bits per heavy atom. The van der Waals surface area contributed by atoms with Crippen molar-refractivity contribution >= 4 is 17.9 Å². The van der Waals surface area contributed by atoms with Crippen LogP contribution in [-0.2, 0) is 9.47 Å². The summed E-state index contributed by atoms with van der Waals surface area (Å²) in [6.45, 7) is 4.82. The zero-order valence-corrected chi connectivity index (χ0v) is 12.0. The van der Waals surface area contributed by atoms with E-state index in [9.17, 15) is 23.1 Å². The maximum Gasteiger partial charge on any atom is 0.468 e. The highest BCUT2D eigenvalue weighted by molar-refractivity contribution is 5.97. The smallest absolute Gasteiger partial charge is 0.444 e. The number of nitrogens with one attached hydrogen (secondary N) is 3. The number of carbonyl (C=O) groups is 1. The van der Waals surface area contributed by atoms with Crippen molar-refractivity contribution in [3.63, 3.8) is 0 Å². The lowest BCUT2D eigenvalue weighted by molar-refractivity contribution is -0.0734. The van der Waals surface area contributed by atoms with E-state index in [0.29, 0.717) is 0 Å². The van der Waals surface area contributed by atoms with Crippen LogP contribution in [0.4, 0.5) is 18.0 Å². The number of halogens is 3. The number of ether oxygens (including phenoxy) is 2. The minimum atomic E-state index is -5.07. The summed E-state index contributed by atoms with van der Waals surface area (Å²) in [4.78, 5) is 11.5. The molecule has 1 amide bonds. The van der Waals surface area contributed by atoms with Crippen LogP contribution in [0.1, 0.15) is 27.7 Å². The molecular formula is C11H18F3N3O4. The van der Waals surface area contributed by atoms with Crippen LogP contribution in [0.3, 0.4) is 0 Å². The number of alkyl carbamates (subject to hydrolysis) is 1. The van der Waals surface area contributed by atoms with Gasteiger partial charge in [0.2, 0.25) is 5.90 Å². The highest BCUT2D eigenvalue weighted by Crippen LogP contribution is 2.19. The van der Waals surface area contributed by atoms with Gasteiger partial charge in [-0.1, -0.05) is 0 Å². The van der Waals surface area contributed by atoms with Gasteiger partial charge in [-0.2, -0.15) is 13.2 Å². The first kappa shape index (κ1) is 19.2. The fourth-order valence-electron chi connectivity index (χ4n) is 0.970. The van der Waals surface area contributed by atoms with Gasteiger partial charge in [0.25, 0.3) is 5.90 Å². The van der Waals surface area contributed by atoms with Crippen molar-refractivity contribution in [1.29, 1.82) is 10.8 Å². The van der Waals surface area contributed by atoms with E-state index in [1.165, 1.54) is 0 Å². The Balaban J connectivity index is 4.91. The fraction of sp³-hybridized carbons (Fsp3) is 0.727. The molecule has 0 aromatic rings. The standard InChI is InChI=1S/C11H18F3N3O4/c1-9(2,3)21-8(19)17-10(4,5-18)6(15)20-7(16)11(12,13)14/h15-16,18H,5H2,1-4H3,(H,17,19). The number of alkyl halides is 3. The summed E-state index contributed by atoms with van der Waals surface area (Å²) in [5.41, 5.74) is -2.83. The van der Waals surface area contributed by atoms with Crippen molar-refractivity contribution in [3.8, 4) is 0 Å². The molecule has 0 spiro atoms. The van der Waals surface area contributed by atoms with E-state index >= 15 is 0 Å². The zero-order valence-electron chi connectivity index (χ0n) is 12.0.